The molecule has 0 aromatic heterocycles. The molecular weight excluding hydrogens is 268 g/mol. The van der Waals surface area contributed by atoms with Gasteiger partial charge >= 0.3 is 11.9 Å². The van der Waals surface area contributed by atoms with Crippen LogP contribution in [0.2, 0.25) is 0 Å². The van der Waals surface area contributed by atoms with Gasteiger partial charge in [0.2, 0.25) is 0 Å². The van der Waals surface area contributed by atoms with Crippen LogP contribution in [0.5, 0.6) is 0 Å². The summed E-state index contributed by atoms with van der Waals surface area (Å²) in [5.74, 6) is -0.969. The summed E-state index contributed by atoms with van der Waals surface area (Å²) in [5.41, 5.74) is -0.877. The van der Waals surface area contributed by atoms with E-state index in [9.17, 15) is 9.59 Å². The average Bonchev–Trinajstić information content (AvgIpc) is 2.29. The van der Waals surface area contributed by atoms with Crippen molar-refractivity contribution in [2.24, 2.45) is 22.2 Å². The highest BCUT2D eigenvalue weighted by Gasteiger charge is 2.49. The maximum atomic E-state index is 12.3. The van der Waals surface area contributed by atoms with E-state index >= 15 is 0 Å². The second-order valence-corrected chi connectivity index (χ2v) is 8.42. The lowest BCUT2D eigenvalue weighted by Crippen LogP contribution is -2.50. The Morgan fingerprint density at radius 2 is 1.76 bits per heavy atom. The van der Waals surface area contributed by atoms with Crippen molar-refractivity contribution >= 4 is 11.9 Å². The summed E-state index contributed by atoms with van der Waals surface area (Å²) in [5, 5.41) is 8.91. The van der Waals surface area contributed by atoms with Gasteiger partial charge in [0.05, 0.1) is 11.8 Å². The van der Waals surface area contributed by atoms with Gasteiger partial charge in [-0.3, -0.25) is 9.59 Å². The third kappa shape index (κ3) is 3.78. The summed E-state index contributed by atoms with van der Waals surface area (Å²) >= 11 is 0. The number of ether oxygens (including phenoxy) is 1. The van der Waals surface area contributed by atoms with Gasteiger partial charge in [-0.25, -0.2) is 0 Å². The van der Waals surface area contributed by atoms with Crippen molar-refractivity contribution in [3.8, 4) is 0 Å². The van der Waals surface area contributed by atoms with E-state index in [0.29, 0.717) is 5.92 Å². The molecule has 4 nitrogen and oxygen atoms in total. The van der Waals surface area contributed by atoms with Crippen LogP contribution in [-0.2, 0) is 14.3 Å². The Labute approximate surface area is 128 Å². The number of carbonyl (C=O) groups is 2. The van der Waals surface area contributed by atoms with Gasteiger partial charge in [0.25, 0.3) is 0 Å². The molecule has 2 unspecified atom stereocenters. The molecule has 0 heterocycles. The molecule has 0 aromatic carbocycles. The van der Waals surface area contributed by atoms with Crippen molar-refractivity contribution < 1.29 is 19.4 Å². The molecule has 122 valence electrons. The number of carbonyl (C=O) groups excluding carboxylic acids is 1. The van der Waals surface area contributed by atoms with Gasteiger partial charge in [-0.05, 0) is 38.0 Å². The zero-order valence-corrected chi connectivity index (χ0v) is 14.4. The molecule has 0 bridgehead atoms. The van der Waals surface area contributed by atoms with Gasteiger partial charge in [0.15, 0.2) is 0 Å². The molecule has 1 rings (SSSR count). The highest BCUT2D eigenvalue weighted by Crippen LogP contribution is 2.51. The molecule has 1 aliphatic carbocycles. The molecule has 0 saturated heterocycles. The standard InChI is InChI=1S/C17H30O4/c1-11-15(2,3)9-8-12(17(11,6)7)21-14(20)16(4,5)10-13(18)19/h11-12H,8-10H2,1-7H3,(H,18,19). The van der Waals surface area contributed by atoms with Gasteiger partial charge in [-0.1, -0.05) is 34.6 Å². The first-order valence-electron chi connectivity index (χ1n) is 7.73. The summed E-state index contributed by atoms with van der Waals surface area (Å²) in [6, 6.07) is 0. The summed E-state index contributed by atoms with van der Waals surface area (Å²) in [6.07, 6.45) is 1.48. The molecule has 1 N–H and O–H groups in total. The minimum Gasteiger partial charge on any atom is -0.481 e. The van der Waals surface area contributed by atoms with Crippen LogP contribution in [0, 0.1) is 22.2 Å². The zero-order chi connectivity index (χ0) is 16.6. The minimum atomic E-state index is -0.988. The molecule has 0 spiro atoms. The third-order valence-corrected chi connectivity index (χ3v) is 5.56. The van der Waals surface area contributed by atoms with Crippen LogP contribution in [0.1, 0.15) is 67.7 Å². The van der Waals surface area contributed by atoms with Crippen LogP contribution in [0.4, 0.5) is 0 Å². The van der Waals surface area contributed by atoms with E-state index in [-0.39, 0.29) is 23.4 Å². The fourth-order valence-corrected chi connectivity index (χ4v) is 3.33. The summed E-state index contributed by atoms with van der Waals surface area (Å²) in [7, 11) is 0. The first kappa shape index (κ1) is 18.0. The van der Waals surface area contributed by atoms with E-state index in [1.807, 2.05) is 0 Å². The van der Waals surface area contributed by atoms with Crippen molar-refractivity contribution in [1.82, 2.24) is 0 Å². The number of carboxylic acid groups (broad SMARTS) is 1. The van der Waals surface area contributed by atoms with Crippen LogP contribution in [0.15, 0.2) is 0 Å². The SMILES string of the molecule is CC1C(C)(C)CCC(OC(=O)C(C)(C)CC(=O)O)C1(C)C. The number of hydrogen-bond acceptors (Lipinski definition) is 3. The molecule has 4 heteroatoms. The lowest BCUT2D eigenvalue weighted by Gasteiger charge is -2.51. The van der Waals surface area contributed by atoms with Gasteiger partial charge < -0.3 is 9.84 Å². The number of hydrogen-bond donors (Lipinski definition) is 1. The Balaban J connectivity index is 2.84. The highest BCUT2D eigenvalue weighted by molar-refractivity contribution is 5.82. The van der Waals surface area contributed by atoms with E-state index in [1.165, 1.54) is 0 Å². The molecule has 0 radical (unpaired) electrons. The van der Waals surface area contributed by atoms with Gasteiger partial charge in [0.1, 0.15) is 6.10 Å². The lowest BCUT2D eigenvalue weighted by molar-refractivity contribution is -0.179. The molecule has 1 saturated carbocycles. The summed E-state index contributed by atoms with van der Waals surface area (Å²) in [4.78, 5) is 23.2. The maximum Gasteiger partial charge on any atom is 0.312 e. The number of carboxylic acids is 1. The Morgan fingerprint density at radius 1 is 1.24 bits per heavy atom. The molecule has 0 amide bonds. The summed E-state index contributed by atoms with van der Waals surface area (Å²) < 4.78 is 5.73. The zero-order valence-electron chi connectivity index (χ0n) is 14.4. The lowest BCUT2D eigenvalue weighted by atomic mass is 9.57. The molecule has 0 aromatic rings. The Kier molecular flexibility index (Phi) is 4.81. The molecule has 1 fully saturated rings. The van der Waals surface area contributed by atoms with Crippen molar-refractivity contribution in [2.45, 2.75) is 73.8 Å². The normalized spacial score (nSPS) is 28.0. The number of esters is 1. The first-order valence-corrected chi connectivity index (χ1v) is 7.73. The van der Waals surface area contributed by atoms with Crippen molar-refractivity contribution in [3.05, 3.63) is 0 Å². The molecule has 1 aliphatic rings. The Bertz CT molecular complexity index is 421. The number of rotatable bonds is 4. The predicted octanol–water partition coefficient (Wildman–Crippen LogP) is 3.88. The van der Waals surface area contributed by atoms with E-state index in [4.69, 9.17) is 9.84 Å². The monoisotopic (exact) mass is 298 g/mol. The minimum absolute atomic E-state index is 0.114. The Hall–Kier alpha value is -1.06. The third-order valence-electron chi connectivity index (χ3n) is 5.56. The average molecular weight is 298 g/mol. The van der Waals surface area contributed by atoms with Gasteiger partial charge in [0, 0.05) is 5.41 Å². The van der Waals surface area contributed by atoms with Crippen LogP contribution in [-0.4, -0.2) is 23.1 Å². The topological polar surface area (TPSA) is 63.6 Å². The molecule has 0 aliphatic heterocycles. The van der Waals surface area contributed by atoms with E-state index < -0.39 is 17.4 Å². The van der Waals surface area contributed by atoms with Crippen LogP contribution < -0.4 is 0 Å². The fourth-order valence-electron chi connectivity index (χ4n) is 3.33. The van der Waals surface area contributed by atoms with Crippen LogP contribution in [0.3, 0.4) is 0 Å². The predicted molar refractivity (Wildman–Crippen MR) is 81.9 cm³/mol. The largest absolute Gasteiger partial charge is 0.481 e. The van der Waals surface area contributed by atoms with E-state index in [0.717, 1.165) is 12.8 Å². The maximum absolute atomic E-state index is 12.3. The quantitative estimate of drug-likeness (QED) is 0.800. The fraction of sp³-hybridized carbons (Fsp3) is 0.882. The van der Waals surface area contributed by atoms with Crippen molar-refractivity contribution in [3.63, 3.8) is 0 Å². The molecular formula is C17H30O4. The molecule has 21 heavy (non-hydrogen) atoms. The van der Waals surface area contributed by atoms with Gasteiger partial charge in [-0.15, -0.1) is 0 Å². The first-order chi connectivity index (χ1) is 9.30. The van der Waals surface area contributed by atoms with Crippen LogP contribution >= 0.6 is 0 Å². The Morgan fingerprint density at radius 3 is 2.24 bits per heavy atom. The van der Waals surface area contributed by atoms with Crippen molar-refractivity contribution in [2.75, 3.05) is 0 Å². The summed E-state index contributed by atoms with van der Waals surface area (Å²) in [6.45, 7) is 14.3. The highest BCUT2D eigenvalue weighted by atomic mass is 16.5. The second-order valence-electron chi connectivity index (χ2n) is 8.42. The van der Waals surface area contributed by atoms with E-state index in [1.54, 1.807) is 13.8 Å². The second kappa shape index (κ2) is 5.62. The van der Waals surface area contributed by atoms with Crippen molar-refractivity contribution in [1.29, 1.82) is 0 Å². The van der Waals surface area contributed by atoms with Gasteiger partial charge in [-0.2, -0.15) is 0 Å². The smallest absolute Gasteiger partial charge is 0.312 e. The van der Waals surface area contributed by atoms with E-state index in [2.05, 4.69) is 34.6 Å². The number of aliphatic carboxylic acids is 1. The molecule has 2 atom stereocenters. The van der Waals surface area contributed by atoms with Crippen LogP contribution in [0.25, 0.3) is 0 Å².